The fraction of sp³-hybridized carbons (Fsp3) is 0.750. The summed E-state index contributed by atoms with van der Waals surface area (Å²) in [5, 5.41) is 2.68. The highest BCUT2D eigenvalue weighted by Crippen LogP contribution is 2.12. The lowest BCUT2D eigenvalue weighted by Crippen LogP contribution is -2.28. The van der Waals surface area contributed by atoms with Gasteiger partial charge >= 0.3 is 6.09 Å². The van der Waals surface area contributed by atoms with Gasteiger partial charge in [0.15, 0.2) is 0 Å². The molecule has 0 unspecified atom stereocenters. The normalized spacial score (nSPS) is 10.9. The smallest absolute Gasteiger partial charge is 0.407 e. The Morgan fingerprint density at radius 2 is 1.18 bits per heavy atom. The molecule has 0 fully saturated rings. The summed E-state index contributed by atoms with van der Waals surface area (Å²) in [4.78, 5) is 11.6. The van der Waals surface area contributed by atoms with Crippen LogP contribution in [-0.4, -0.2) is 39.1 Å². The van der Waals surface area contributed by atoms with Crippen LogP contribution in [0.5, 0.6) is 0 Å². The quantitative estimate of drug-likeness (QED) is 0.171. The van der Waals surface area contributed by atoms with Gasteiger partial charge in [-0.2, -0.15) is 0 Å². The molecule has 0 atom stereocenters. The topological polar surface area (TPSA) is 56.8 Å². The second-order valence-corrected chi connectivity index (χ2v) is 8.81. The van der Waals surface area contributed by atoms with E-state index in [0.717, 1.165) is 18.6 Å². The maximum Gasteiger partial charge on any atom is 0.407 e. The molecule has 1 N–H and O–H groups in total. The van der Waals surface area contributed by atoms with Gasteiger partial charge in [0.2, 0.25) is 0 Å². The zero-order chi connectivity index (χ0) is 23.7. The van der Waals surface area contributed by atoms with Gasteiger partial charge in [0.25, 0.3) is 0 Å². The van der Waals surface area contributed by atoms with Crippen molar-refractivity contribution in [1.82, 2.24) is 5.32 Å². The van der Waals surface area contributed by atoms with Crippen LogP contribution in [0.1, 0.15) is 102 Å². The van der Waals surface area contributed by atoms with Crippen molar-refractivity contribution in [3.05, 3.63) is 35.9 Å². The van der Waals surface area contributed by atoms with Gasteiger partial charge in [-0.3, -0.25) is 0 Å². The Morgan fingerprint density at radius 3 is 1.76 bits per heavy atom. The van der Waals surface area contributed by atoms with E-state index in [1.54, 1.807) is 0 Å². The summed E-state index contributed by atoms with van der Waals surface area (Å²) < 4.78 is 16.2. The Bertz CT molecular complexity index is 538. The first-order chi connectivity index (χ1) is 16.3. The van der Waals surface area contributed by atoms with Gasteiger partial charge in [0, 0.05) is 13.2 Å². The van der Waals surface area contributed by atoms with Gasteiger partial charge in [0.1, 0.15) is 6.61 Å². The Hall–Kier alpha value is -1.59. The first-order valence-electron chi connectivity index (χ1n) is 13.4. The van der Waals surface area contributed by atoms with Crippen molar-refractivity contribution in [2.75, 3.05) is 33.0 Å². The molecule has 5 nitrogen and oxygen atoms in total. The molecule has 0 bridgehead atoms. The van der Waals surface area contributed by atoms with Crippen molar-refractivity contribution < 1.29 is 19.0 Å². The third kappa shape index (κ3) is 20.7. The van der Waals surface area contributed by atoms with Crippen LogP contribution in [0.15, 0.2) is 30.3 Å². The number of amides is 1. The Morgan fingerprint density at radius 1 is 0.667 bits per heavy atom. The van der Waals surface area contributed by atoms with Crippen molar-refractivity contribution in [2.24, 2.45) is 0 Å². The maximum atomic E-state index is 11.6. The lowest BCUT2D eigenvalue weighted by molar-refractivity contribution is 0.0467. The molecule has 1 amide bonds. The largest absolute Gasteiger partial charge is 0.445 e. The van der Waals surface area contributed by atoms with Crippen molar-refractivity contribution in [2.45, 2.75) is 103 Å². The summed E-state index contributed by atoms with van der Waals surface area (Å²) in [7, 11) is 0. The summed E-state index contributed by atoms with van der Waals surface area (Å²) in [5.41, 5.74) is 0.972. The molecule has 5 heteroatoms. The van der Waals surface area contributed by atoms with E-state index in [0.29, 0.717) is 26.4 Å². The maximum absolute atomic E-state index is 11.6. The average molecular weight is 464 g/mol. The molecule has 0 saturated carbocycles. The molecule has 0 radical (unpaired) electrons. The average Bonchev–Trinajstić information content (AvgIpc) is 2.84. The predicted octanol–water partition coefficient (Wildman–Crippen LogP) is 7.43. The summed E-state index contributed by atoms with van der Waals surface area (Å²) >= 11 is 0. The molecular formula is C28H49NO4. The summed E-state index contributed by atoms with van der Waals surface area (Å²) in [5.74, 6) is 0. The van der Waals surface area contributed by atoms with Gasteiger partial charge in [0.05, 0.1) is 19.8 Å². The van der Waals surface area contributed by atoms with Crippen LogP contribution in [-0.2, 0) is 20.8 Å². The van der Waals surface area contributed by atoms with Crippen molar-refractivity contribution in [1.29, 1.82) is 0 Å². The minimum atomic E-state index is -0.420. The molecule has 0 aliphatic rings. The standard InChI is InChI=1S/C28H49NO4/c1-2-3-4-5-6-7-8-9-10-11-12-13-14-18-22-31-24-25-32-23-21-29-28(30)33-26-27-19-16-15-17-20-27/h15-17,19-20H,2-14,18,21-26H2,1H3,(H,29,30). The fourth-order valence-electron chi connectivity index (χ4n) is 3.72. The Balaban J connectivity index is 1.70. The van der Waals surface area contributed by atoms with Gasteiger partial charge < -0.3 is 19.5 Å². The number of carbonyl (C=O) groups excluding carboxylic acids is 1. The van der Waals surface area contributed by atoms with Gasteiger partial charge in [-0.05, 0) is 12.0 Å². The second kappa shape index (κ2) is 23.6. The number of hydrogen-bond acceptors (Lipinski definition) is 4. The van der Waals surface area contributed by atoms with Crippen molar-refractivity contribution in [3.8, 4) is 0 Å². The summed E-state index contributed by atoms with van der Waals surface area (Å²) in [6.45, 7) is 5.43. The molecule has 0 spiro atoms. The highest BCUT2D eigenvalue weighted by Gasteiger charge is 2.01. The number of rotatable bonds is 23. The van der Waals surface area contributed by atoms with E-state index in [2.05, 4.69) is 12.2 Å². The number of carbonyl (C=O) groups is 1. The lowest BCUT2D eigenvalue weighted by Gasteiger charge is -2.08. The van der Waals surface area contributed by atoms with Crippen LogP contribution in [0, 0.1) is 0 Å². The number of benzene rings is 1. The van der Waals surface area contributed by atoms with Crippen LogP contribution < -0.4 is 5.32 Å². The number of unbranched alkanes of at least 4 members (excludes halogenated alkanes) is 13. The van der Waals surface area contributed by atoms with Crippen LogP contribution in [0.25, 0.3) is 0 Å². The molecule has 0 saturated heterocycles. The zero-order valence-corrected chi connectivity index (χ0v) is 21.2. The van der Waals surface area contributed by atoms with E-state index < -0.39 is 6.09 Å². The van der Waals surface area contributed by atoms with E-state index in [4.69, 9.17) is 14.2 Å². The summed E-state index contributed by atoms with van der Waals surface area (Å²) in [6.07, 6.45) is 18.8. The first kappa shape index (κ1) is 29.4. The molecule has 0 aromatic heterocycles. The number of hydrogen-bond donors (Lipinski definition) is 1. The van der Waals surface area contributed by atoms with Crippen molar-refractivity contribution >= 4 is 6.09 Å². The third-order valence-electron chi connectivity index (χ3n) is 5.74. The molecule has 190 valence electrons. The monoisotopic (exact) mass is 463 g/mol. The molecule has 0 aliphatic carbocycles. The molecule has 1 aromatic rings. The van der Waals surface area contributed by atoms with E-state index in [1.807, 2.05) is 30.3 Å². The van der Waals surface area contributed by atoms with Crippen molar-refractivity contribution in [3.63, 3.8) is 0 Å². The number of nitrogens with one attached hydrogen (secondary N) is 1. The minimum absolute atomic E-state index is 0.278. The van der Waals surface area contributed by atoms with Gasteiger partial charge in [-0.1, -0.05) is 121 Å². The lowest BCUT2D eigenvalue weighted by atomic mass is 10.0. The van der Waals surface area contributed by atoms with E-state index in [9.17, 15) is 4.79 Å². The molecular weight excluding hydrogens is 414 g/mol. The summed E-state index contributed by atoms with van der Waals surface area (Å²) in [6, 6.07) is 9.63. The predicted molar refractivity (Wildman–Crippen MR) is 137 cm³/mol. The molecule has 1 aromatic carbocycles. The van der Waals surface area contributed by atoms with E-state index >= 15 is 0 Å². The second-order valence-electron chi connectivity index (χ2n) is 8.81. The molecule has 1 rings (SSSR count). The van der Waals surface area contributed by atoms with Crippen LogP contribution in [0.2, 0.25) is 0 Å². The van der Waals surface area contributed by atoms with Gasteiger partial charge in [-0.15, -0.1) is 0 Å². The van der Waals surface area contributed by atoms with Crippen LogP contribution >= 0.6 is 0 Å². The number of ether oxygens (including phenoxy) is 3. The zero-order valence-electron chi connectivity index (χ0n) is 21.2. The fourth-order valence-corrected chi connectivity index (χ4v) is 3.72. The van der Waals surface area contributed by atoms with E-state index in [-0.39, 0.29) is 6.61 Å². The number of alkyl carbamates (subject to hydrolysis) is 1. The van der Waals surface area contributed by atoms with Crippen LogP contribution in [0.3, 0.4) is 0 Å². The van der Waals surface area contributed by atoms with Crippen LogP contribution in [0.4, 0.5) is 4.79 Å². The highest BCUT2D eigenvalue weighted by atomic mass is 16.5. The highest BCUT2D eigenvalue weighted by molar-refractivity contribution is 5.67. The Kier molecular flexibility index (Phi) is 21.0. The van der Waals surface area contributed by atoms with Gasteiger partial charge in [-0.25, -0.2) is 4.79 Å². The first-order valence-corrected chi connectivity index (χ1v) is 13.4. The third-order valence-corrected chi connectivity index (χ3v) is 5.74. The molecule has 0 heterocycles. The Labute approximate surface area is 203 Å². The SMILES string of the molecule is CCCCCCCCCCCCCCCCOCCOCCNC(=O)OCc1ccccc1. The van der Waals surface area contributed by atoms with E-state index in [1.165, 1.54) is 83.5 Å². The minimum Gasteiger partial charge on any atom is -0.445 e. The molecule has 0 aliphatic heterocycles. The molecule has 33 heavy (non-hydrogen) atoms.